The molecule has 20 heavy (non-hydrogen) atoms. The van der Waals surface area contributed by atoms with Crippen molar-refractivity contribution in [3.8, 4) is 0 Å². The third-order valence-electron chi connectivity index (χ3n) is 3.17. The van der Waals surface area contributed by atoms with E-state index in [-0.39, 0.29) is 5.91 Å². The van der Waals surface area contributed by atoms with E-state index in [1.165, 1.54) is 5.56 Å². The number of amides is 1. The molecule has 104 valence electrons. The fourth-order valence-electron chi connectivity index (χ4n) is 1.96. The largest absolute Gasteiger partial charge is 0.398 e. The van der Waals surface area contributed by atoms with Gasteiger partial charge in [-0.25, -0.2) is 0 Å². The molecule has 0 heterocycles. The molecule has 0 aliphatic rings. The van der Waals surface area contributed by atoms with Gasteiger partial charge in [0.1, 0.15) is 0 Å². The predicted octanol–water partition coefficient (Wildman–Crippen LogP) is 3.24. The third-order valence-corrected chi connectivity index (χ3v) is 3.41. The molecule has 4 heteroatoms. The van der Waals surface area contributed by atoms with E-state index in [9.17, 15) is 4.79 Å². The van der Waals surface area contributed by atoms with Gasteiger partial charge in [-0.15, -0.1) is 0 Å². The zero-order chi connectivity index (χ0) is 14.5. The van der Waals surface area contributed by atoms with Crippen molar-refractivity contribution in [3.05, 3.63) is 64.7 Å². The molecule has 0 aliphatic heterocycles. The van der Waals surface area contributed by atoms with Gasteiger partial charge in [0.25, 0.3) is 5.91 Å². The van der Waals surface area contributed by atoms with Crippen molar-refractivity contribution in [1.82, 2.24) is 4.90 Å². The fourth-order valence-corrected chi connectivity index (χ4v) is 2.13. The summed E-state index contributed by atoms with van der Waals surface area (Å²) in [4.78, 5) is 14.0. The van der Waals surface area contributed by atoms with Gasteiger partial charge in [0.15, 0.2) is 0 Å². The second-order valence-electron chi connectivity index (χ2n) is 4.69. The molecular weight excluding hydrogens is 272 g/mol. The number of nitrogens with zero attached hydrogens (tertiary/aromatic N) is 1. The van der Waals surface area contributed by atoms with Gasteiger partial charge < -0.3 is 10.6 Å². The number of rotatable bonds is 4. The first-order valence-electron chi connectivity index (χ1n) is 6.42. The van der Waals surface area contributed by atoms with Crippen LogP contribution in [0.5, 0.6) is 0 Å². The van der Waals surface area contributed by atoms with Crippen LogP contribution in [0.1, 0.15) is 15.9 Å². The van der Waals surface area contributed by atoms with E-state index in [4.69, 9.17) is 17.3 Å². The van der Waals surface area contributed by atoms with Crippen LogP contribution in [0.25, 0.3) is 0 Å². The van der Waals surface area contributed by atoms with Crippen LogP contribution in [0.2, 0.25) is 5.02 Å². The van der Waals surface area contributed by atoms with Crippen LogP contribution in [0.3, 0.4) is 0 Å². The minimum absolute atomic E-state index is 0.110. The van der Waals surface area contributed by atoms with Gasteiger partial charge in [0.05, 0.1) is 5.56 Å². The molecule has 3 nitrogen and oxygen atoms in total. The number of hydrogen-bond acceptors (Lipinski definition) is 2. The minimum atomic E-state index is -0.110. The zero-order valence-electron chi connectivity index (χ0n) is 11.3. The van der Waals surface area contributed by atoms with E-state index in [1.54, 1.807) is 30.1 Å². The maximum atomic E-state index is 12.3. The summed E-state index contributed by atoms with van der Waals surface area (Å²) in [6.45, 7) is 0.634. The first kappa shape index (κ1) is 14.4. The minimum Gasteiger partial charge on any atom is -0.398 e. The molecule has 1 amide bonds. The molecule has 0 radical (unpaired) electrons. The van der Waals surface area contributed by atoms with Crippen LogP contribution in [0, 0.1) is 0 Å². The molecule has 0 saturated carbocycles. The van der Waals surface area contributed by atoms with E-state index >= 15 is 0 Å². The number of nitrogens with two attached hydrogens (primary N) is 1. The number of carbonyl (C=O) groups excluding carboxylic acids is 1. The first-order valence-corrected chi connectivity index (χ1v) is 6.80. The number of halogens is 1. The molecule has 2 rings (SSSR count). The quantitative estimate of drug-likeness (QED) is 0.878. The normalized spacial score (nSPS) is 10.3. The summed E-state index contributed by atoms with van der Waals surface area (Å²) in [5.74, 6) is -0.110. The molecule has 0 unspecified atom stereocenters. The maximum absolute atomic E-state index is 12.3. The van der Waals surface area contributed by atoms with Crippen LogP contribution in [0.4, 0.5) is 5.69 Å². The summed E-state index contributed by atoms with van der Waals surface area (Å²) in [5, 5.41) is 0.513. The van der Waals surface area contributed by atoms with Crippen LogP contribution >= 0.6 is 11.6 Å². The Kier molecular flexibility index (Phi) is 4.64. The van der Waals surface area contributed by atoms with Crippen molar-refractivity contribution in [1.29, 1.82) is 0 Å². The molecule has 2 aromatic rings. The Balaban J connectivity index is 2.03. The highest BCUT2D eigenvalue weighted by molar-refractivity contribution is 6.31. The maximum Gasteiger partial charge on any atom is 0.255 e. The molecule has 0 atom stereocenters. The average molecular weight is 289 g/mol. The van der Waals surface area contributed by atoms with E-state index in [0.29, 0.717) is 22.8 Å². The Morgan fingerprint density at radius 3 is 2.60 bits per heavy atom. The van der Waals surface area contributed by atoms with Crippen molar-refractivity contribution < 1.29 is 4.79 Å². The van der Waals surface area contributed by atoms with Gasteiger partial charge in [0, 0.05) is 24.3 Å². The van der Waals surface area contributed by atoms with Crippen LogP contribution in [-0.2, 0) is 6.42 Å². The molecule has 0 saturated heterocycles. The highest BCUT2D eigenvalue weighted by Crippen LogP contribution is 2.19. The van der Waals surface area contributed by atoms with Crippen molar-refractivity contribution in [3.63, 3.8) is 0 Å². The topological polar surface area (TPSA) is 46.3 Å². The van der Waals surface area contributed by atoms with Crippen molar-refractivity contribution in [2.75, 3.05) is 19.3 Å². The van der Waals surface area contributed by atoms with Crippen LogP contribution in [0.15, 0.2) is 48.5 Å². The monoisotopic (exact) mass is 288 g/mol. The van der Waals surface area contributed by atoms with Gasteiger partial charge in [-0.1, -0.05) is 41.9 Å². The molecule has 2 N–H and O–H groups in total. The Labute approximate surface area is 124 Å². The first-order chi connectivity index (χ1) is 9.58. The molecule has 0 aliphatic carbocycles. The van der Waals surface area contributed by atoms with E-state index < -0.39 is 0 Å². The summed E-state index contributed by atoms with van der Waals surface area (Å²) in [6, 6.07) is 15.0. The highest BCUT2D eigenvalue weighted by atomic mass is 35.5. The van der Waals surface area contributed by atoms with Crippen molar-refractivity contribution in [2.24, 2.45) is 0 Å². The van der Waals surface area contributed by atoms with Crippen LogP contribution < -0.4 is 5.73 Å². The smallest absolute Gasteiger partial charge is 0.255 e. The molecule has 0 aromatic heterocycles. The summed E-state index contributed by atoms with van der Waals surface area (Å²) in [5.41, 5.74) is 7.93. The standard InChI is InChI=1S/C16H17ClN2O/c1-19(10-9-12-5-3-2-4-6-12)16(20)14-11-13(17)7-8-15(14)18/h2-8,11H,9-10,18H2,1H3. The van der Waals surface area contributed by atoms with Gasteiger partial charge in [-0.2, -0.15) is 0 Å². The number of carbonyl (C=O) groups is 1. The highest BCUT2D eigenvalue weighted by Gasteiger charge is 2.14. The molecule has 0 fully saturated rings. The fraction of sp³-hybridized carbons (Fsp3) is 0.188. The number of hydrogen-bond donors (Lipinski definition) is 1. The third kappa shape index (κ3) is 3.52. The lowest BCUT2D eigenvalue weighted by molar-refractivity contribution is 0.0797. The van der Waals surface area contributed by atoms with Gasteiger partial charge in [-0.3, -0.25) is 4.79 Å². The second kappa shape index (κ2) is 6.44. The van der Waals surface area contributed by atoms with Crippen LogP contribution in [-0.4, -0.2) is 24.4 Å². The Morgan fingerprint density at radius 1 is 1.20 bits per heavy atom. The van der Waals surface area contributed by atoms with Gasteiger partial charge in [0.2, 0.25) is 0 Å². The average Bonchev–Trinajstić information content (AvgIpc) is 2.47. The van der Waals surface area contributed by atoms with Gasteiger partial charge in [-0.05, 0) is 30.2 Å². The summed E-state index contributed by atoms with van der Waals surface area (Å²) < 4.78 is 0. The Morgan fingerprint density at radius 2 is 1.90 bits per heavy atom. The number of anilines is 1. The molecule has 2 aromatic carbocycles. The molecular formula is C16H17ClN2O. The van der Waals surface area contributed by atoms with Gasteiger partial charge >= 0.3 is 0 Å². The zero-order valence-corrected chi connectivity index (χ0v) is 12.1. The number of nitrogen functional groups attached to an aromatic ring is 1. The second-order valence-corrected chi connectivity index (χ2v) is 5.13. The summed E-state index contributed by atoms with van der Waals surface area (Å²) >= 11 is 5.91. The lowest BCUT2D eigenvalue weighted by Crippen LogP contribution is -2.29. The Hall–Kier alpha value is -2.00. The van der Waals surface area contributed by atoms with E-state index in [1.807, 2.05) is 30.3 Å². The molecule has 0 bridgehead atoms. The van der Waals surface area contributed by atoms with Crippen molar-refractivity contribution >= 4 is 23.2 Å². The lowest BCUT2D eigenvalue weighted by Gasteiger charge is -2.18. The Bertz CT molecular complexity index is 599. The SMILES string of the molecule is CN(CCc1ccccc1)C(=O)c1cc(Cl)ccc1N. The van der Waals surface area contributed by atoms with Crippen molar-refractivity contribution in [2.45, 2.75) is 6.42 Å². The number of likely N-dealkylation sites (N-methyl/N-ethyl adjacent to an activating group) is 1. The summed E-state index contributed by atoms with van der Waals surface area (Å²) in [6.07, 6.45) is 0.809. The van der Waals surface area contributed by atoms with E-state index in [2.05, 4.69) is 0 Å². The number of benzene rings is 2. The predicted molar refractivity (Wildman–Crippen MR) is 83.0 cm³/mol. The lowest BCUT2D eigenvalue weighted by atomic mass is 10.1. The summed E-state index contributed by atoms with van der Waals surface area (Å²) in [7, 11) is 1.77. The van der Waals surface area contributed by atoms with E-state index in [0.717, 1.165) is 6.42 Å². The molecule has 0 spiro atoms.